The number of rotatable bonds is 4. The molecule has 28 heavy (non-hydrogen) atoms. The maximum absolute atomic E-state index is 12.9. The lowest BCUT2D eigenvalue weighted by Gasteiger charge is -2.20. The maximum Gasteiger partial charge on any atom is 0.263 e. The first-order valence-electron chi connectivity index (χ1n) is 8.30. The highest BCUT2D eigenvalue weighted by Gasteiger charge is 2.55. The van der Waals surface area contributed by atoms with Crippen LogP contribution in [0.25, 0.3) is 0 Å². The van der Waals surface area contributed by atoms with Crippen molar-refractivity contribution >= 4 is 56.6 Å². The van der Waals surface area contributed by atoms with Crippen LogP contribution < -0.4 is 10.2 Å². The Morgan fingerprint density at radius 3 is 2.61 bits per heavy atom. The molecule has 2 heterocycles. The van der Waals surface area contributed by atoms with E-state index in [9.17, 15) is 14.4 Å². The molecule has 4 rings (SSSR count). The summed E-state index contributed by atoms with van der Waals surface area (Å²) in [7, 11) is 0. The van der Waals surface area contributed by atoms with Crippen LogP contribution >= 0.6 is 27.5 Å². The van der Waals surface area contributed by atoms with Crippen molar-refractivity contribution in [2.24, 2.45) is 10.3 Å². The highest BCUT2D eigenvalue weighted by molar-refractivity contribution is 9.10. The summed E-state index contributed by atoms with van der Waals surface area (Å²) in [4.78, 5) is 38.9. The molecule has 1 fully saturated rings. The van der Waals surface area contributed by atoms with Gasteiger partial charge in [-0.25, -0.2) is 4.90 Å². The van der Waals surface area contributed by atoms with Crippen molar-refractivity contribution < 1.29 is 14.4 Å². The first kappa shape index (κ1) is 18.6. The van der Waals surface area contributed by atoms with Crippen molar-refractivity contribution in [1.82, 2.24) is 5.01 Å². The van der Waals surface area contributed by atoms with E-state index in [4.69, 9.17) is 11.6 Å². The van der Waals surface area contributed by atoms with Gasteiger partial charge < -0.3 is 5.32 Å². The molecule has 10 heteroatoms. The summed E-state index contributed by atoms with van der Waals surface area (Å²) in [5.74, 6) is -1.31. The van der Waals surface area contributed by atoms with E-state index < -0.39 is 23.9 Å². The Morgan fingerprint density at radius 2 is 1.89 bits per heavy atom. The molecule has 2 aliphatic rings. The van der Waals surface area contributed by atoms with Crippen LogP contribution in [0.1, 0.15) is 0 Å². The lowest BCUT2D eigenvalue weighted by molar-refractivity contribution is -0.123. The molecular formula is C18H13BrClN5O3. The van der Waals surface area contributed by atoms with Gasteiger partial charge in [-0.1, -0.05) is 38.8 Å². The Balaban J connectivity index is 1.49. The minimum Gasteiger partial charge on any atom is -0.324 e. The van der Waals surface area contributed by atoms with E-state index in [0.717, 1.165) is 9.37 Å². The van der Waals surface area contributed by atoms with Gasteiger partial charge in [-0.3, -0.25) is 19.4 Å². The number of carbonyl (C=O) groups is 3. The van der Waals surface area contributed by atoms with Crippen LogP contribution in [-0.4, -0.2) is 41.4 Å². The van der Waals surface area contributed by atoms with Gasteiger partial charge in [0.1, 0.15) is 6.54 Å². The SMILES string of the molecule is O=C(CN1N=N[C@@H]2C(=O)N(c3cccc(Br)c3)C(=O)[C@@H]21)Nc1ccc(Cl)cc1. The summed E-state index contributed by atoms with van der Waals surface area (Å²) < 4.78 is 0.739. The van der Waals surface area contributed by atoms with Gasteiger partial charge in [0.15, 0.2) is 12.1 Å². The molecule has 0 spiro atoms. The number of anilines is 2. The third-order valence-corrected chi connectivity index (χ3v) is 5.10. The van der Waals surface area contributed by atoms with Gasteiger partial charge in [-0.2, -0.15) is 5.11 Å². The Morgan fingerprint density at radius 1 is 1.14 bits per heavy atom. The fraction of sp³-hybridized carbons (Fsp3) is 0.167. The van der Waals surface area contributed by atoms with Gasteiger partial charge in [-0.05, 0) is 42.5 Å². The summed E-state index contributed by atoms with van der Waals surface area (Å²) in [5, 5.41) is 12.3. The zero-order chi connectivity index (χ0) is 19.8. The fourth-order valence-corrected chi connectivity index (χ4v) is 3.62. The lowest BCUT2D eigenvalue weighted by Crippen LogP contribution is -2.43. The van der Waals surface area contributed by atoms with Gasteiger partial charge in [0, 0.05) is 15.2 Å². The molecule has 0 unspecified atom stereocenters. The van der Waals surface area contributed by atoms with Gasteiger partial charge in [0.25, 0.3) is 11.8 Å². The van der Waals surface area contributed by atoms with Crippen molar-refractivity contribution in [3.05, 3.63) is 58.0 Å². The van der Waals surface area contributed by atoms with Crippen LogP contribution in [0.3, 0.4) is 0 Å². The number of hydrogen-bond acceptors (Lipinski definition) is 6. The number of halogens is 2. The average molecular weight is 463 g/mol. The fourth-order valence-electron chi connectivity index (χ4n) is 3.10. The number of nitrogens with one attached hydrogen (secondary N) is 1. The van der Waals surface area contributed by atoms with Crippen LogP contribution in [0.5, 0.6) is 0 Å². The van der Waals surface area contributed by atoms with Crippen molar-refractivity contribution in [3.8, 4) is 0 Å². The van der Waals surface area contributed by atoms with Crippen molar-refractivity contribution in [2.75, 3.05) is 16.8 Å². The quantitative estimate of drug-likeness (QED) is 0.707. The predicted octanol–water partition coefficient (Wildman–Crippen LogP) is 3.03. The van der Waals surface area contributed by atoms with E-state index in [0.29, 0.717) is 16.4 Å². The number of fused-ring (bicyclic) bond motifs is 1. The van der Waals surface area contributed by atoms with Crippen LogP contribution in [-0.2, 0) is 14.4 Å². The zero-order valence-corrected chi connectivity index (χ0v) is 16.6. The molecule has 2 aromatic carbocycles. The number of nitrogens with zero attached hydrogens (tertiary/aromatic N) is 4. The molecule has 0 aromatic heterocycles. The molecular weight excluding hydrogens is 450 g/mol. The third-order valence-electron chi connectivity index (χ3n) is 4.36. The molecule has 1 saturated heterocycles. The Bertz CT molecular complexity index is 997. The van der Waals surface area contributed by atoms with Gasteiger partial charge in [0.05, 0.1) is 5.69 Å². The molecule has 2 atom stereocenters. The first-order chi connectivity index (χ1) is 13.4. The second-order valence-electron chi connectivity index (χ2n) is 6.24. The molecule has 0 radical (unpaired) electrons. The molecule has 142 valence electrons. The second kappa shape index (κ2) is 7.33. The number of hydrogen-bond donors (Lipinski definition) is 1. The van der Waals surface area contributed by atoms with E-state index in [2.05, 4.69) is 31.6 Å². The smallest absolute Gasteiger partial charge is 0.263 e. The predicted molar refractivity (Wildman–Crippen MR) is 106 cm³/mol. The molecule has 3 amide bonds. The summed E-state index contributed by atoms with van der Waals surface area (Å²) in [5.41, 5.74) is 1.01. The van der Waals surface area contributed by atoms with Crippen LogP contribution in [0.2, 0.25) is 5.02 Å². The molecule has 2 aromatic rings. The maximum atomic E-state index is 12.9. The Hall–Kier alpha value is -2.78. The Labute approximate surface area is 173 Å². The standard InChI is InChI=1S/C18H13BrClN5O3/c19-10-2-1-3-13(8-10)25-17(27)15-16(18(25)28)24(23-22-15)9-14(26)21-12-6-4-11(20)5-7-12/h1-8,15-16H,9H2,(H,21,26)/t15-,16+/m0/s1. The molecule has 2 aliphatic heterocycles. The van der Waals surface area contributed by atoms with Crippen molar-refractivity contribution in [3.63, 3.8) is 0 Å². The molecule has 0 saturated carbocycles. The summed E-state index contributed by atoms with van der Waals surface area (Å²) in [6.45, 7) is -0.210. The summed E-state index contributed by atoms with van der Waals surface area (Å²) >= 11 is 9.15. The summed E-state index contributed by atoms with van der Waals surface area (Å²) in [6, 6.07) is 11.6. The zero-order valence-electron chi connectivity index (χ0n) is 14.3. The van der Waals surface area contributed by atoms with E-state index >= 15 is 0 Å². The van der Waals surface area contributed by atoms with Crippen LogP contribution in [0.4, 0.5) is 11.4 Å². The lowest BCUT2D eigenvalue weighted by atomic mass is 10.1. The largest absolute Gasteiger partial charge is 0.324 e. The van der Waals surface area contributed by atoms with E-state index in [1.807, 2.05) is 0 Å². The number of imide groups is 1. The molecule has 8 nitrogen and oxygen atoms in total. The van der Waals surface area contributed by atoms with Gasteiger partial charge >= 0.3 is 0 Å². The van der Waals surface area contributed by atoms with E-state index in [-0.39, 0.29) is 12.5 Å². The van der Waals surface area contributed by atoms with E-state index in [1.165, 1.54) is 5.01 Å². The Kier molecular flexibility index (Phi) is 4.86. The van der Waals surface area contributed by atoms with Gasteiger partial charge in [-0.15, -0.1) is 0 Å². The molecule has 0 aliphatic carbocycles. The molecule has 1 N–H and O–H groups in total. The van der Waals surface area contributed by atoms with Crippen LogP contribution in [0, 0.1) is 0 Å². The average Bonchev–Trinajstić information content (AvgIpc) is 3.17. The van der Waals surface area contributed by atoms with Crippen LogP contribution in [0.15, 0.2) is 63.3 Å². The van der Waals surface area contributed by atoms with Crippen molar-refractivity contribution in [2.45, 2.75) is 12.1 Å². The third kappa shape index (κ3) is 3.38. The monoisotopic (exact) mass is 461 g/mol. The second-order valence-corrected chi connectivity index (χ2v) is 7.59. The normalized spacial score (nSPS) is 20.6. The van der Waals surface area contributed by atoms with E-state index in [1.54, 1.807) is 48.5 Å². The minimum atomic E-state index is -0.949. The number of benzene rings is 2. The topological polar surface area (TPSA) is 94.4 Å². The van der Waals surface area contributed by atoms with Gasteiger partial charge in [0.2, 0.25) is 5.91 Å². The highest BCUT2D eigenvalue weighted by atomic mass is 79.9. The van der Waals surface area contributed by atoms with Crippen molar-refractivity contribution in [1.29, 1.82) is 0 Å². The first-order valence-corrected chi connectivity index (χ1v) is 9.47. The number of carbonyl (C=O) groups excluding carboxylic acids is 3. The highest BCUT2D eigenvalue weighted by Crippen LogP contribution is 2.32. The molecule has 0 bridgehead atoms. The summed E-state index contributed by atoms with van der Waals surface area (Å²) in [6.07, 6.45) is 0. The number of amides is 3. The minimum absolute atomic E-state index is 0.210.